The molecule has 0 aromatic carbocycles. The Balaban J connectivity index is 2.32. The van der Waals surface area contributed by atoms with Crippen LogP contribution >= 0.6 is 0 Å². The van der Waals surface area contributed by atoms with Gasteiger partial charge in [-0.15, -0.1) is 0 Å². The predicted molar refractivity (Wildman–Crippen MR) is 63.4 cm³/mol. The summed E-state index contributed by atoms with van der Waals surface area (Å²) < 4.78 is 10.5. The number of nitrogens with one attached hydrogen (secondary N) is 1. The van der Waals surface area contributed by atoms with Gasteiger partial charge < -0.3 is 14.6 Å². The number of aromatic nitrogens is 1. The van der Waals surface area contributed by atoms with Crippen molar-refractivity contribution in [1.29, 1.82) is 0 Å². The van der Waals surface area contributed by atoms with Crippen molar-refractivity contribution < 1.29 is 9.26 Å². The van der Waals surface area contributed by atoms with E-state index >= 15 is 0 Å². The van der Waals surface area contributed by atoms with Crippen LogP contribution in [0.4, 0.5) is 0 Å². The summed E-state index contributed by atoms with van der Waals surface area (Å²) in [5.74, 6) is 0.899. The van der Waals surface area contributed by atoms with Gasteiger partial charge in [0.05, 0.1) is 11.3 Å². The van der Waals surface area contributed by atoms with Gasteiger partial charge in [0, 0.05) is 19.2 Å². The first-order chi connectivity index (χ1) is 7.46. The predicted octanol–water partition coefficient (Wildman–Crippen LogP) is 2.20. The number of rotatable bonds is 6. The third-order valence-electron chi connectivity index (χ3n) is 2.94. The number of ether oxygens (including phenoxy) is 1. The van der Waals surface area contributed by atoms with Crippen molar-refractivity contribution in [2.75, 3.05) is 13.7 Å². The fraction of sp³-hybridized carbons (Fsp3) is 0.750. The molecule has 0 saturated heterocycles. The van der Waals surface area contributed by atoms with Crippen molar-refractivity contribution in [3.8, 4) is 0 Å². The monoisotopic (exact) mass is 226 g/mol. The largest absolute Gasteiger partial charge is 0.379 e. The molecule has 0 fully saturated rings. The highest BCUT2D eigenvalue weighted by molar-refractivity contribution is 5.20. The Morgan fingerprint density at radius 3 is 2.56 bits per heavy atom. The quantitative estimate of drug-likeness (QED) is 0.755. The van der Waals surface area contributed by atoms with E-state index in [2.05, 4.69) is 24.3 Å². The normalized spacial score (nSPS) is 12.1. The Morgan fingerprint density at radius 1 is 1.38 bits per heavy atom. The number of aryl methyl sites for hydroxylation is 2. The van der Waals surface area contributed by atoms with Gasteiger partial charge in [0.1, 0.15) is 5.76 Å². The molecular weight excluding hydrogens is 204 g/mol. The summed E-state index contributed by atoms with van der Waals surface area (Å²) in [6.07, 6.45) is 0.979. The fourth-order valence-electron chi connectivity index (χ4n) is 1.46. The lowest BCUT2D eigenvalue weighted by molar-refractivity contribution is 0.0158. The van der Waals surface area contributed by atoms with Crippen LogP contribution in [0.1, 0.15) is 37.3 Å². The molecule has 4 heteroatoms. The van der Waals surface area contributed by atoms with Gasteiger partial charge in [-0.1, -0.05) is 5.16 Å². The Labute approximate surface area is 97.3 Å². The number of hydrogen-bond acceptors (Lipinski definition) is 4. The molecule has 1 aromatic rings. The third kappa shape index (κ3) is 3.61. The molecule has 1 N–H and O–H groups in total. The highest BCUT2D eigenvalue weighted by Crippen LogP contribution is 2.13. The molecule has 1 heterocycles. The Kier molecular flexibility index (Phi) is 4.50. The minimum atomic E-state index is -0.0638. The fourth-order valence-corrected chi connectivity index (χ4v) is 1.46. The first kappa shape index (κ1) is 13.2. The summed E-state index contributed by atoms with van der Waals surface area (Å²) in [4.78, 5) is 0. The molecule has 0 unspecified atom stereocenters. The van der Waals surface area contributed by atoms with Crippen LogP contribution in [0.2, 0.25) is 0 Å². The minimum Gasteiger partial charge on any atom is -0.379 e. The maximum atomic E-state index is 5.35. The van der Waals surface area contributed by atoms with Gasteiger partial charge in [-0.3, -0.25) is 0 Å². The average Bonchev–Trinajstić information content (AvgIpc) is 2.55. The number of hydrogen-bond donors (Lipinski definition) is 1. The lowest BCUT2D eigenvalue weighted by atomic mass is 10.1. The lowest BCUT2D eigenvalue weighted by Gasteiger charge is -2.22. The second kappa shape index (κ2) is 5.46. The number of methoxy groups -OCH3 is 1. The van der Waals surface area contributed by atoms with Gasteiger partial charge in [-0.2, -0.15) is 0 Å². The van der Waals surface area contributed by atoms with Crippen LogP contribution in [0.25, 0.3) is 0 Å². The van der Waals surface area contributed by atoms with Crippen molar-refractivity contribution >= 4 is 0 Å². The summed E-state index contributed by atoms with van der Waals surface area (Å²) in [5, 5.41) is 7.30. The van der Waals surface area contributed by atoms with Crippen LogP contribution in [-0.2, 0) is 11.3 Å². The molecule has 0 spiro atoms. The Hall–Kier alpha value is -0.870. The Bertz CT molecular complexity index is 312. The van der Waals surface area contributed by atoms with Gasteiger partial charge in [-0.25, -0.2) is 0 Å². The maximum Gasteiger partial charge on any atom is 0.138 e. The molecule has 92 valence electrons. The summed E-state index contributed by atoms with van der Waals surface area (Å²) in [5.41, 5.74) is 2.07. The summed E-state index contributed by atoms with van der Waals surface area (Å²) in [6.45, 7) is 9.81. The van der Waals surface area contributed by atoms with E-state index in [1.807, 2.05) is 13.8 Å². The molecule has 4 nitrogen and oxygen atoms in total. The highest BCUT2D eigenvalue weighted by Gasteiger charge is 2.15. The molecule has 0 radical (unpaired) electrons. The van der Waals surface area contributed by atoms with Gasteiger partial charge >= 0.3 is 0 Å². The van der Waals surface area contributed by atoms with Gasteiger partial charge in [0.15, 0.2) is 0 Å². The van der Waals surface area contributed by atoms with Crippen molar-refractivity contribution in [1.82, 2.24) is 10.5 Å². The van der Waals surface area contributed by atoms with Gasteiger partial charge in [-0.05, 0) is 40.7 Å². The molecule has 0 atom stereocenters. The van der Waals surface area contributed by atoms with E-state index in [-0.39, 0.29) is 5.60 Å². The first-order valence-corrected chi connectivity index (χ1v) is 5.64. The first-order valence-electron chi connectivity index (χ1n) is 5.64. The zero-order valence-electron chi connectivity index (χ0n) is 10.9. The lowest BCUT2D eigenvalue weighted by Crippen LogP contribution is -2.28. The van der Waals surface area contributed by atoms with E-state index in [4.69, 9.17) is 9.26 Å². The topological polar surface area (TPSA) is 47.3 Å². The zero-order valence-corrected chi connectivity index (χ0v) is 10.9. The van der Waals surface area contributed by atoms with E-state index < -0.39 is 0 Å². The zero-order chi connectivity index (χ0) is 12.2. The molecule has 0 saturated carbocycles. The summed E-state index contributed by atoms with van der Waals surface area (Å²) >= 11 is 0. The average molecular weight is 226 g/mol. The van der Waals surface area contributed by atoms with E-state index in [1.54, 1.807) is 7.11 Å². The van der Waals surface area contributed by atoms with Crippen LogP contribution in [0.5, 0.6) is 0 Å². The van der Waals surface area contributed by atoms with E-state index in [0.717, 1.165) is 36.5 Å². The molecule has 0 bridgehead atoms. The second-order valence-corrected chi connectivity index (χ2v) is 4.69. The van der Waals surface area contributed by atoms with Crippen LogP contribution in [-0.4, -0.2) is 24.4 Å². The standard InChI is InChI=1S/C12H22N2O2/c1-9-11(10(2)16-14-9)8-13-7-6-12(3,4)15-5/h13H,6-8H2,1-5H3. The molecule has 16 heavy (non-hydrogen) atoms. The Morgan fingerprint density at radius 2 is 2.06 bits per heavy atom. The molecular formula is C12H22N2O2. The van der Waals surface area contributed by atoms with Gasteiger partial charge in [0.25, 0.3) is 0 Å². The maximum absolute atomic E-state index is 5.35. The van der Waals surface area contributed by atoms with E-state index in [0.29, 0.717) is 0 Å². The molecule has 0 amide bonds. The van der Waals surface area contributed by atoms with Crippen LogP contribution in [0.15, 0.2) is 4.52 Å². The second-order valence-electron chi connectivity index (χ2n) is 4.69. The van der Waals surface area contributed by atoms with Gasteiger partial charge in [0.2, 0.25) is 0 Å². The molecule has 0 aliphatic carbocycles. The van der Waals surface area contributed by atoms with E-state index in [1.165, 1.54) is 0 Å². The van der Waals surface area contributed by atoms with Crippen LogP contribution in [0, 0.1) is 13.8 Å². The van der Waals surface area contributed by atoms with Crippen LogP contribution < -0.4 is 5.32 Å². The smallest absolute Gasteiger partial charge is 0.138 e. The molecule has 0 aliphatic heterocycles. The van der Waals surface area contributed by atoms with Crippen molar-refractivity contribution in [3.63, 3.8) is 0 Å². The third-order valence-corrected chi connectivity index (χ3v) is 2.94. The van der Waals surface area contributed by atoms with E-state index in [9.17, 15) is 0 Å². The number of nitrogens with zero attached hydrogens (tertiary/aromatic N) is 1. The van der Waals surface area contributed by atoms with Crippen molar-refractivity contribution in [3.05, 3.63) is 17.0 Å². The van der Waals surface area contributed by atoms with Crippen LogP contribution in [0.3, 0.4) is 0 Å². The summed E-state index contributed by atoms with van der Waals surface area (Å²) in [6, 6.07) is 0. The SMILES string of the molecule is COC(C)(C)CCNCc1c(C)noc1C. The highest BCUT2D eigenvalue weighted by atomic mass is 16.5. The van der Waals surface area contributed by atoms with Crippen molar-refractivity contribution in [2.45, 2.75) is 46.3 Å². The minimum absolute atomic E-state index is 0.0638. The van der Waals surface area contributed by atoms with Crippen molar-refractivity contribution in [2.24, 2.45) is 0 Å². The molecule has 1 aromatic heterocycles. The molecule has 0 aliphatic rings. The molecule has 1 rings (SSSR count). The summed E-state index contributed by atoms with van der Waals surface area (Å²) in [7, 11) is 1.74.